The van der Waals surface area contributed by atoms with Crippen LogP contribution in [0.2, 0.25) is 0 Å². The Hall–Kier alpha value is -1.55. The van der Waals surface area contributed by atoms with Crippen LogP contribution < -0.4 is 0 Å². The average Bonchev–Trinajstić information content (AvgIpc) is 2.40. The first-order chi connectivity index (χ1) is 8.27. The van der Waals surface area contributed by atoms with Crippen molar-refractivity contribution < 1.29 is 9.59 Å². The monoisotopic (exact) mass is 388 g/mol. The Morgan fingerprint density at radius 3 is 1.19 bits per heavy atom. The molecule has 0 saturated heterocycles. The molecule has 0 amide bonds. The molecule has 2 rings (SSSR count). The molecule has 4 radical (unpaired) electrons. The summed E-state index contributed by atoms with van der Waals surface area (Å²) in [7, 11) is 0. The molecule has 0 bridgehead atoms. The Bertz CT molecular complexity index is 472. The molecule has 2 aromatic rings. The van der Waals surface area contributed by atoms with Gasteiger partial charge >= 0.3 is 0 Å². The Kier molecular flexibility index (Phi) is 14.2. The fraction of sp³-hybridized carbons (Fsp3) is 0. The largest absolute Gasteiger partial charge is 0.358 e. The third-order valence-electron chi connectivity index (χ3n) is 2.38. The van der Waals surface area contributed by atoms with Gasteiger partial charge in [0.25, 0.3) is 0 Å². The molecule has 0 unspecified atom stereocenters. The van der Waals surface area contributed by atoms with Gasteiger partial charge in [0, 0.05) is 23.9 Å². The zero-order valence-electron chi connectivity index (χ0n) is 12.7. The molecule has 112 valence electrons. The van der Waals surface area contributed by atoms with E-state index in [-0.39, 0.29) is 57.8 Å². The predicted molar refractivity (Wildman–Crippen MR) is 90.8 cm³/mol. The Balaban J connectivity index is -0.000000810. The first-order valence-corrected chi connectivity index (χ1v) is 5.31. The second kappa shape index (κ2) is 12.2. The van der Waals surface area contributed by atoms with Crippen LogP contribution in [0.5, 0.6) is 0 Å². The van der Waals surface area contributed by atoms with Crippen LogP contribution in [0.1, 0.15) is 20.7 Å². The van der Waals surface area contributed by atoms with E-state index in [2.05, 4.69) is 0 Å². The van der Waals surface area contributed by atoms with Crippen LogP contribution in [0.4, 0.5) is 0 Å². The number of carbonyl (C=O) groups excluding carboxylic acids is 2. The van der Waals surface area contributed by atoms with E-state index in [1.165, 1.54) is 0 Å². The minimum Gasteiger partial charge on any atom is -0.358 e. The summed E-state index contributed by atoms with van der Waals surface area (Å²) in [6.45, 7) is 0. The fourth-order valence-corrected chi connectivity index (χ4v) is 1.49. The van der Waals surface area contributed by atoms with Gasteiger partial charge in [-0.25, -0.2) is 0 Å². The number of hydrogen-bond acceptors (Lipinski definition) is 2. The van der Waals surface area contributed by atoms with E-state index >= 15 is 0 Å². The standard InChI is InChI=1S/C15H11O2.3CH3.Sn/c16-14(12-7-3-1-4-8-12)11-15(17)13-9-5-2-6-10-13;;;;/h1-11H;3*1H3;/q4*-1;. The van der Waals surface area contributed by atoms with E-state index in [4.69, 9.17) is 0 Å². The molecule has 0 spiro atoms. The quantitative estimate of drug-likeness (QED) is 0.345. The van der Waals surface area contributed by atoms with Crippen molar-refractivity contribution in [3.8, 4) is 0 Å². The van der Waals surface area contributed by atoms with Crippen molar-refractivity contribution >= 4 is 35.5 Å². The summed E-state index contributed by atoms with van der Waals surface area (Å²) in [6, 6.07) is 17.5. The van der Waals surface area contributed by atoms with Crippen LogP contribution in [0.15, 0.2) is 60.7 Å². The van der Waals surface area contributed by atoms with Crippen LogP contribution in [-0.4, -0.2) is 35.5 Å². The van der Waals surface area contributed by atoms with Gasteiger partial charge in [-0.05, 0) is 0 Å². The normalized spacial score (nSPS) is 7.81. The molecule has 21 heavy (non-hydrogen) atoms. The van der Waals surface area contributed by atoms with Crippen molar-refractivity contribution in [2.75, 3.05) is 0 Å². The molecule has 0 aliphatic carbocycles. The van der Waals surface area contributed by atoms with Gasteiger partial charge in [-0.15, -0.1) is 24.3 Å². The van der Waals surface area contributed by atoms with Gasteiger partial charge < -0.3 is 31.9 Å². The van der Waals surface area contributed by atoms with Crippen LogP contribution in [0.3, 0.4) is 0 Å². The van der Waals surface area contributed by atoms with Crippen molar-refractivity contribution in [2.45, 2.75) is 0 Å². The SMILES string of the molecule is O=C([CH-]C(=O)c1ccccc1)c1ccccc1.[CH3-].[CH3-].[CH3-].[Sn]. The second-order valence-corrected chi connectivity index (χ2v) is 3.60. The molecule has 2 nitrogen and oxygen atoms in total. The zero-order valence-corrected chi connectivity index (χ0v) is 15.5. The number of carbonyl (C=O) groups is 2. The third-order valence-corrected chi connectivity index (χ3v) is 2.38. The molecule has 0 N–H and O–H groups in total. The molecule has 3 heteroatoms. The smallest absolute Gasteiger partial charge is 0.0832 e. The van der Waals surface area contributed by atoms with E-state index < -0.39 is 0 Å². The Labute approximate surface area is 145 Å². The minimum atomic E-state index is -0.264. The molecule has 0 aliphatic heterocycles. The summed E-state index contributed by atoms with van der Waals surface area (Å²) in [4.78, 5) is 23.5. The van der Waals surface area contributed by atoms with Gasteiger partial charge in [0.15, 0.2) is 0 Å². The summed E-state index contributed by atoms with van der Waals surface area (Å²) < 4.78 is 0. The van der Waals surface area contributed by atoms with Crippen LogP contribution in [0, 0.1) is 28.7 Å². The summed E-state index contributed by atoms with van der Waals surface area (Å²) in [5, 5.41) is 0. The molecule has 0 aromatic heterocycles. The average molecular weight is 387 g/mol. The number of Topliss-reactive ketones (excluding diaryl/α,β-unsaturated/α-hetero) is 2. The number of rotatable bonds is 4. The Morgan fingerprint density at radius 1 is 0.619 bits per heavy atom. The van der Waals surface area contributed by atoms with Crippen molar-refractivity contribution in [3.05, 3.63) is 100 Å². The van der Waals surface area contributed by atoms with E-state index in [0.717, 1.165) is 6.42 Å². The first kappa shape index (κ1) is 24.5. The van der Waals surface area contributed by atoms with Crippen LogP contribution in [0.25, 0.3) is 0 Å². The van der Waals surface area contributed by atoms with Crippen LogP contribution in [-0.2, 0) is 0 Å². The minimum absolute atomic E-state index is 0. The van der Waals surface area contributed by atoms with Gasteiger partial charge in [0.2, 0.25) is 0 Å². The molecule has 0 aliphatic rings. The van der Waals surface area contributed by atoms with Crippen molar-refractivity contribution in [3.63, 3.8) is 0 Å². The first-order valence-electron chi connectivity index (χ1n) is 5.31. The van der Waals surface area contributed by atoms with E-state index in [1.807, 2.05) is 12.1 Å². The fourth-order valence-electron chi connectivity index (χ4n) is 1.49. The zero-order chi connectivity index (χ0) is 12.1. The molecular weight excluding hydrogens is 367 g/mol. The maximum absolute atomic E-state index is 11.8. The number of ketones is 2. The molecule has 0 saturated carbocycles. The summed E-state index contributed by atoms with van der Waals surface area (Å²) in [5.74, 6) is -0.529. The molecule has 0 atom stereocenters. The van der Waals surface area contributed by atoms with E-state index in [1.54, 1.807) is 48.5 Å². The predicted octanol–water partition coefficient (Wildman–Crippen LogP) is 3.93. The Morgan fingerprint density at radius 2 is 0.905 bits per heavy atom. The summed E-state index contributed by atoms with van der Waals surface area (Å²) in [5.41, 5.74) is 1.05. The van der Waals surface area contributed by atoms with Crippen molar-refractivity contribution in [2.24, 2.45) is 0 Å². The second-order valence-electron chi connectivity index (χ2n) is 3.60. The molecular formula is C18H20O2Sn-4. The van der Waals surface area contributed by atoms with Gasteiger partial charge in [0.05, 0.1) is 11.6 Å². The number of hydrogen-bond donors (Lipinski definition) is 0. The topological polar surface area (TPSA) is 34.1 Å². The van der Waals surface area contributed by atoms with E-state index in [0.29, 0.717) is 11.1 Å². The van der Waals surface area contributed by atoms with Crippen molar-refractivity contribution in [1.82, 2.24) is 0 Å². The summed E-state index contributed by atoms with van der Waals surface area (Å²) >= 11 is 0. The van der Waals surface area contributed by atoms with Gasteiger partial charge in [-0.1, -0.05) is 53.9 Å². The number of benzene rings is 2. The van der Waals surface area contributed by atoms with Crippen molar-refractivity contribution in [1.29, 1.82) is 0 Å². The maximum atomic E-state index is 11.8. The van der Waals surface area contributed by atoms with Gasteiger partial charge in [-0.2, -0.15) is 0 Å². The van der Waals surface area contributed by atoms with Gasteiger partial charge in [0.1, 0.15) is 0 Å². The van der Waals surface area contributed by atoms with Gasteiger partial charge in [-0.3, -0.25) is 0 Å². The maximum Gasteiger partial charge on any atom is 0.0832 e. The molecule has 0 heterocycles. The third kappa shape index (κ3) is 7.14. The molecule has 2 aromatic carbocycles. The van der Waals surface area contributed by atoms with E-state index in [9.17, 15) is 9.59 Å². The summed E-state index contributed by atoms with van der Waals surface area (Å²) in [6.07, 6.45) is 1.13. The van der Waals surface area contributed by atoms with Crippen LogP contribution >= 0.6 is 0 Å². The molecule has 0 fully saturated rings.